The van der Waals surface area contributed by atoms with E-state index in [4.69, 9.17) is 11.6 Å². The summed E-state index contributed by atoms with van der Waals surface area (Å²) in [6, 6.07) is 11.4. The lowest BCUT2D eigenvalue weighted by Gasteiger charge is -2.16. The largest absolute Gasteiger partial charge is 0.216 e. The van der Waals surface area contributed by atoms with Crippen LogP contribution in [0.2, 0.25) is 5.02 Å². The van der Waals surface area contributed by atoms with E-state index in [1.165, 1.54) is 23.8 Å². The lowest BCUT2D eigenvalue weighted by atomic mass is 10.1. The van der Waals surface area contributed by atoms with E-state index < -0.39 is 27.6 Å². The molecule has 0 aliphatic carbocycles. The number of sulfonamides is 1. The fraction of sp³-hybridized carbons (Fsp3) is 0.294. The SMILES string of the molecule is CCc1ccc([C@@H](C)NS(=O)(=O)Cc2c(F)cccc2Cl)cc1. The summed E-state index contributed by atoms with van der Waals surface area (Å²) >= 11 is 5.89. The molecule has 23 heavy (non-hydrogen) atoms. The van der Waals surface area contributed by atoms with Gasteiger partial charge in [-0.2, -0.15) is 0 Å². The third-order valence-corrected chi connectivity index (χ3v) is 5.38. The number of rotatable bonds is 6. The predicted molar refractivity (Wildman–Crippen MR) is 91.4 cm³/mol. The summed E-state index contributed by atoms with van der Waals surface area (Å²) in [6.45, 7) is 3.81. The summed E-state index contributed by atoms with van der Waals surface area (Å²) in [4.78, 5) is 0. The summed E-state index contributed by atoms with van der Waals surface area (Å²) in [6.07, 6.45) is 0.923. The smallest absolute Gasteiger partial charge is 0.212 e. The molecule has 2 aromatic rings. The lowest BCUT2D eigenvalue weighted by Crippen LogP contribution is -2.28. The van der Waals surface area contributed by atoms with E-state index in [9.17, 15) is 12.8 Å². The summed E-state index contributed by atoms with van der Waals surface area (Å²) in [5, 5.41) is 0.107. The Hall–Kier alpha value is -1.43. The molecule has 0 saturated carbocycles. The Morgan fingerprint density at radius 3 is 2.39 bits per heavy atom. The first-order valence-corrected chi connectivity index (χ1v) is 9.37. The molecule has 0 aromatic heterocycles. The van der Waals surface area contributed by atoms with Gasteiger partial charge in [-0.1, -0.05) is 48.9 Å². The molecule has 0 aliphatic heterocycles. The second-order valence-electron chi connectivity index (χ2n) is 5.39. The molecule has 1 N–H and O–H groups in total. The van der Waals surface area contributed by atoms with E-state index in [2.05, 4.69) is 11.6 Å². The maximum atomic E-state index is 13.7. The fourth-order valence-electron chi connectivity index (χ4n) is 2.28. The van der Waals surface area contributed by atoms with E-state index in [1.54, 1.807) is 6.92 Å². The first kappa shape index (κ1) is 17.9. The van der Waals surface area contributed by atoms with E-state index >= 15 is 0 Å². The second kappa shape index (κ2) is 7.43. The Morgan fingerprint density at radius 1 is 1.17 bits per heavy atom. The van der Waals surface area contributed by atoms with Crippen molar-refractivity contribution in [2.75, 3.05) is 0 Å². The Bertz CT molecular complexity index is 755. The molecule has 0 unspecified atom stereocenters. The maximum Gasteiger partial charge on any atom is 0.216 e. The number of benzene rings is 2. The normalized spacial score (nSPS) is 13.0. The van der Waals surface area contributed by atoms with Crippen LogP contribution >= 0.6 is 11.6 Å². The van der Waals surface area contributed by atoms with Crippen LogP contribution in [0.4, 0.5) is 4.39 Å². The van der Waals surface area contributed by atoms with Crippen molar-refractivity contribution in [3.05, 3.63) is 70.0 Å². The predicted octanol–water partition coefficient (Wildman–Crippen LogP) is 4.22. The van der Waals surface area contributed by atoms with Gasteiger partial charge >= 0.3 is 0 Å². The van der Waals surface area contributed by atoms with Gasteiger partial charge in [-0.15, -0.1) is 0 Å². The molecule has 124 valence electrons. The molecule has 2 aromatic carbocycles. The molecule has 6 heteroatoms. The quantitative estimate of drug-likeness (QED) is 0.843. The zero-order valence-corrected chi connectivity index (χ0v) is 14.6. The van der Waals surface area contributed by atoms with Crippen molar-refractivity contribution in [3.8, 4) is 0 Å². The first-order chi connectivity index (χ1) is 10.8. The molecule has 3 nitrogen and oxygen atoms in total. The lowest BCUT2D eigenvalue weighted by molar-refractivity contribution is 0.561. The molecular weight excluding hydrogens is 337 g/mol. The van der Waals surface area contributed by atoms with Crippen molar-refractivity contribution in [2.24, 2.45) is 0 Å². The Kier molecular flexibility index (Phi) is 5.79. The molecule has 0 radical (unpaired) electrons. The molecule has 1 atom stereocenters. The van der Waals surface area contributed by atoms with Gasteiger partial charge in [0.25, 0.3) is 0 Å². The minimum Gasteiger partial charge on any atom is -0.212 e. The summed E-state index contributed by atoms with van der Waals surface area (Å²) in [7, 11) is -3.72. The van der Waals surface area contributed by atoms with Gasteiger partial charge in [0.15, 0.2) is 0 Å². The van der Waals surface area contributed by atoms with Crippen LogP contribution in [0.15, 0.2) is 42.5 Å². The molecular formula is C17H19ClFNO2S. The Balaban J connectivity index is 2.13. The third-order valence-electron chi connectivity index (χ3n) is 3.64. The molecule has 0 saturated heterocycles. The summed E-state index contributed by atoms with van der Waals surface area (Å²) in [5.74, 6) is -1.11. The van der Waals surface area contributed by atoms with Crippen molar-refractivity contribution >= 4 is 21.6 Å². The highest BCUT2D eigenvalue weighted by atomic mass is 35.5. The highest BCUT2D eigenvalue weighted by molar-refractivity contribution is 7.88. The molecule has 0 fully saturated rings. The van der Waals surface area contributed by atoms with E-state index in [0.29, 0.717) is 0 Å². The van der Waals surface area contributed by atoms with Crippen LogP contribution in [0.3, 0.4) is 0 Å². The van der Waals surface area contributed by atoms with E-state index in [0.717, 1.165) is 12.0 Å². The van der Waals surface area contributed by atoms with E-state index in [1.807, 2.05) is 24.3 Å². The monoisotopic (exact) mass is 355 g/mol. The van der Waals surface area contributed by atoms with Crippen LogP contribution in [0.1, 0.15) is 36.6 Å². The van der Waals surface area contributed by atoms with Crippen LogP contribution in [0.5, 0.6) is 0 Å². The topological polar surface area (TPSA) is 46.2 Å². The molecule has 0 bridgehead atoms. The van der Waals surface area contributed by atoms with Gasteiger partial charge in [0, 0.05) is 16.6 Å². The molecule has 0 heterocycles. The van der Waals surface area contributed by atoms with Crippen LogP contribution in [-0.4, -0.2) is 8.42 Å². The zero-order chi connectivity index (χ0) is 17.0. The molecule has 2 rings (SSSR count). The number of halogens is 2. The van der Waals surface area contributed by atoms with Gasteiger partial charge in [0.05, 0.1) is 5.75 Å². The number of aryl methyl sites for hydroxylation is 1. The van der Waals surface area contributed by atoms with Crippen molar-refractivity contribution in [1.29, 1.82) is 0 Å². The molecule has 0 amide bonds. The first-order valence-electron chi connectivity index (χ1n) is 7.34. The van der Waals surface area contributed by atoms with Crippen molar-refractivity contribution < 1.29 is 12.8 Å². The van der Waals surface area contributed by atoms with Gasteiger partial charge < -0.3 is 0 Å². The maximum absolute atomic E-state index is 13.7. The number of nitrogens with one attached hydrogen (secondary N) is 1. The molecule has 0 aliphatic rings. The zero-order valence-electron chi connectivity index (χ0n) is 13.0. The average Bonchev–Trinajstić information content (AvgIpc) is 2.51. The standard InChI is InChI=1S/C17H19ClFNO2S/c1-3-13-7-9-14(10-8-13)12(2)20-23(21,22)11-15-16(18)5-4-6-17(15)19/h4-10,12,20H,3,11H2,1-2H3/t12-/m1/s1. The van der Waals surface area contributed by atoms with Crippen molar-refractivity contribution in [1.82, 2.24) is 4.72 Å². The molecule has 0 spiro atoms. The van der Waals surface area contributed by atoms with Crippen molar-refractivity contribution in [3.63, 3.8) is 0 Å². The Labute approximate surface area is 141 Å². The van der Waals surface area contributed by atoms with Gasteiger partial charge in [-0.3, -0.25) is 0 Å². The number of hydrogen-bond acceptors (Lipinski definition) is 2. The minimum atomic E-state index is -3.72. The van der Waals surface area contributed by atoms with Crippen LogP contribution < -0.4 is 4.72 Å². The highest BCUT2D eigenvalue weighted by Gasteiger charge is 2.20. The van der Waals surface area contributed by atoms with Crippen molar-refractivity contribution in [2.45, 2.75) is 32.1 Å². The minimum absolute atomic E-state index is 0.0183. The van der Waals surface area contributed by atoms with Crippen LogP contribution in [0, 0.1) is 5.82 Å². The number of hydrogen-bond donors (Lipinski definition) is 1. The average molecular weight is 356 g/mol. The fourth-order valence-corrected chi connectivity index (χ4v) is 4.02. The highest BCUT2D eigenvalue weighted by Crippen LogP contribution is 2.22. The summed E-state index contributed by atoms with van der Waals surface area (Å²) < 4.78 is 40.9. The van der Waals surface area contributed by atoms with Crippen LogP contribution in [-0.2, 0) is 22.2 Å². The van der Waals surface area contributed by atoms with Gasteiger partial charge in [0.1, 0.15) is 5.82 Å². The Morgan fingerprint density at radius 2 is 1.83 bits per heavy atom. The van der Waals surface area contributed by atoms with Gasteiger partial charge in [-0.05, 0) is 36.6 Å². The van der Waals surface area contributed by atoms with E-state index in [-0.39, 0.29) is 10.6 Å². The van der Waals surface area contributed by atoms with Crippen LogP contribution in [0.25, 0.3) is 0 Å². The summed E-state index contributed by atoms with van der Waals surface area (Å²) in [5.41, 5.74) is 2.02. The van der Waals surface area contributed by atoms with Gasteiger partial charge in [0.2, 0.25) is 10.0 Å². The second-order valence-corrected chi connectivity index (χ2v) is 7.56. The van der Waals surface area contributed by atoms with Gasteiger partial charge in [-0.25, -0.2) is 17.5 Å². The third kappa shape index (κ3) is 4.77.